The van der Waals surface area contributed by atoms with Crippen molar-refractivity contribution >= 4 is 0 Å². The highest BCUT2D eigenvalue weighted by Gasteiger charge is 2.33. The number of aliphatic hydroxyl groups excluding tert-OH is 3. The van der Waals surface area contributed by atoms with Crippen molar-refractivity contribution in [2.24, 2.45) is 5.92 Å². The summed E-state index contributed by atoms with van der Waals surface area (Å²) in [5, 5.41) is 28.8. The Morgan fingerprint density at radius 3 is 2.17 bits per heavy atom. The molecule has 1 saturated carbocycles. The molecule has 0 radical (unpaired) electrons. The van der Waals surface area contributed by atoms with E-state index in [1.54, 1.807) is 4.90 Å². The summed E-state index contributed by atoms with van der Waals surface area (Å²) < 4.78 is 33.7. The molecule has 3 rings (SSSR count). The maximum absolute atomic E-state index is 14.1. The van der Waals surface area contributed by atoms with Gasteiger partial charge in [-0.25, -0.2) is 8.78 Å². The van der Waals surface area contributed by atoms with E-state index in [9.17, 15) is 24.1 Å². The van der Waals surface area contributed by atoms with Gasteiger partial charge in [0.25, 0.3) is 0 Å². The van der Waals surface area contributed by atoms with Gasteiger partial charge < -0.3 is 20.1 Å². The van der Waals surface area contributed by atoms with Gasteiger partial charge in [0.1, 0.15) is 23.5 Å². The van der Waals surface area contributed by atoms with E-state index in [0.29, 0.717) is 12.5 Å². The number of ether oxygens (including phenoxy) is 1. The largest absolute Gasteiger partial charge is 0.493 e. The van der Waals surface area contributed by atoms with Gasteiger partial charge in [0.2, 0.25) is 0 Å². The molecule has 1 aliphatic carbocycles. The number of nitrogens with zero attached hydrogens (tertiary/aromatic N) is 1. The van der Waals surface area contributed by atoms with Crippen molar-refractivity contribution in [3.05, 3.63) is 29.3 Å². The number of hydrogen-bond donors (Lipinski definition) is 3. The number of aliphatic hydroxyl groups is 3. The maximum Gasteiger partial charge on any atom is 0.133 e. The molecule has 0 bridgehead atoms. The molecular formula is C17H23F2NO4. The number of rotatable bonds is 6. The lowest BCUT2D eigenvalue weighted by atomic mass is 10.0. The first-order chi connectivity index (χ1) is 11.4. The van der Waals surface area contributed by atoms with Crippen molar-refractivity contribution in [1.82, 2.24) is 4.90 Å². The summed E-state index contributed by atoms with van der Waals surface area (Å²) in [7, 11) is 0. The Bertz CT molecular complexity index is 547. The van der Waals surface area contributed by atoms with Crippen LogP contribution in [0.4, 0.5) is 8.78 Å². The minimum absolute atomic E-state index is 0.0381. The summed E-state index contributed by atoms with van der Waals surface area (Å²) >= 11 is 0. The molecule has 1 aromatic carbocycles. The summed E-state index contributed by atoms with van der Waals surface area (Å²) in [5.41, 5.74) is -0.0381. The SMILES string of the molecule is O[C@H]1[C@H](O)CN(CCc2c(F)cc(OCC3CC3)cc2F)C[C@@H]1O. The normalized spacial score (nSPS) is 28.1. The van der Waals surface area contributed by atoms with Gasteiger partial charge >= 0.3 is 0 Å². The van der Waals surface area contributed by atoms with Crippen LogP contribution in [0.1, 0.15) is 18.4 Å². The van der Waals surface area contributed by atoms with E-state index in [-0.39, 0.29) is 37.4 Å². The molecule has 0 spiro atoms. The first-order valence-corrected chi connectivity index (χ1v) is 8.31. The van der Waals surface area contributed by atoms with Crippen LogP contribution in [0.3, 0.4) is 0 Å². The van der Waals surface area contributed by atoms with Gasteiger partial charge in [-0.1, -0.05) is 0 Å². The summed E-state index contributed by atoms with van der Waals surface area (Å²) in [4.78, 5) is 1.68. The molecule has 0 amide bonds. The van der Waals surface area contributed by atoms with Crippen LogP contribution in [-0.4, -0.2) is 64.8 Å². The molecular weight excluding hydrogens is 320 g/mol. The Labute approximate surface area is 139 Å². The van der Waals surface area contributed by atoms with Crippen LogP contribution in [0.15, 0.2) is 12.1 Å². The van der Waals surface area contributed by atoms with E-state index in [2.05, 4.69) is 0 Å². The van der Waals surface area contributed by atoms with Crippen LogP contribution in [0, 0.1) is 17.6 Å². The highest BCUT2D eigenvalue weighted by Crippen LogP contribution is 2.30. The summed E-state index contributed by atoms with van der Waals surface area (Å²) in [6.45, 7) is 1.08. The molecule has 0 unspecified atom stereocenters. The first kappa shape index (κ1) is 17.5. The average Bonchev–Trinajstić information content (AvgIpc) is 3.34. The third kappa shape index (κ3) is 4.22. The zero-order valence-electron chi connectivity index (χ0n) is 13.4. The predicted octanol–water partition coefficient (Wildman–Crippen LogP) is 0.694. The Kier molecular flexibility index (Phi) is 5.34. The highest BCUT2D eigenvalue weighted by molar-refractivity contribution is 5.31. The molecule has 3 N–H and O–H groups in total. The average molecular weight is 343 g/mol. The number of piperidine rings is 1. The van der Waals surface area contributed by atoms with Crippen molar-refractivity contribution < 1.29 is 28.8 Å². The molecule has 3 atom stereocenters. The number of benzene rings is 1. The number of halogens is 2. The molecule has 2 aliphatic rings. The van der Waals surface area contributed by atoms with Crippen LogP contribution in [0.5, 0.6) is 5.75 Å². The zero-order valence-corrected chi connectivity index (χ0v) is 13.4. The number of likely N-dealkylation sites (tertiary alicyclic amines) is 1. The first-order valence-electron chi connectivity index (χ1n) is 8.31. The van der Waals surface area contributed by atoms with Gasteiger partial charge in [0, 0.05) is 37.3 Å². The van der Waals surface area contributed by atoms with Crippen molar-refractivity contribution in [1.29, 1.82) is 0 Å². The molecule has 7 heteroatoms. The predicted molar refractivity (Wildman–Crippen MR) is 82.7 cm³/mol. The minimum Gasteiger partial charge on any atom is -0.493 e. The van der Waals surface area contributed by atoms with Crippen molar-refractivity contribution in [3.8, 4) is 5.75 Å². The lowest BCUT2D eigenvalue weighted by molar-refractivity contribution is -0.109. The van der Waals surface area contributed by atoms with E-state index >= 15 is 0 Å². The molecule has 1 heterocycles. The van der Waals surface area contributed by atoms with Gasteiger partial charge in [0.05, 0.1) is 18.8 Å². The van der Waals surface area contributed by atoms with Gasteiger partial charge in [0.15, 0.2) is 0 Å². The molecule has 1 saturated heterocycles. The second-order valence-electron chi connectivity index (χ2n) is 6.75. The maximum atomic E-state index is 14.1. The fourth-order valence-corrected chi connectivity index (χ4v) is 2.93. The second-order valence-corrected chi connectivity index (χ2v) is 6.75. The van der Waals surface area contributed by atoms with Crippen LogP contribution in [0.2, 0.25) is 0 Å². The fraction of sp³-hybridized carbons (Fsp3) is 0.647. The quantitative estimate of drug-likeness (QED) is 0.709. The van der Waals surface area contributed by atoms with E-state index in [4.69, 9.17) is 4.74 Å². The van der Waals surface area contributed by atoms with Crippen LogP contribution < -0.4 is 4.74 Å². The molecule has 5 nitrogen and oxygen atoms in total. The zero-order chi connectivity index (χ0) is 17.3. The van der Waals surface area contributed by atoms with Crippen LogP contribution >= 0.6 is 0 Å². The van der Waals surface area contributed by atoms with E-state index in [1.807, 2.05) is 0 Å². The monoisotopic (exact) mass is 343 g/mol. The molecule has 0 aromatic heterocycles. The Morgan fingerprint density at radius 2 is 1.62 bits per heavy atom. The van der Waals surface area contributed by atoms with Crippen LogP contribution in [0.25, 0.3) is 0 Å². The van der Waals surface area contributed by atoms with Crippen LogP contribution in [-0.2, 0) is 6.42 Å². The highest BCUT2D eigenvalue weighted by atomic mass is 19.1. The van der Waals surface area contributed by atoms with E-state index < -0.39 is 29.9 Å². The lowest BCUT2D eigenvalue weighted by Crippen LogP contribution is -2.55. The third-order valence-electron chi connectivity index (χ3n) is 4.65. The second kappa shape index (κ2) is 7.31. The van der Waals surface area contributed by atoms with Crippen molar-refractivity contribution in [2.45, 2.75) is 37.6 Å². The van der Waals surface area contributed by atoms with Gasteiger partial charge in [-0.15, -0.1) is 0 Å². The Hall–Kier alpha value is -1.28. The lowest BCUT2D eigenvalue weighted by Gasteiger charge is -2.36. The third-order valence-corrected chi connectivity index (χ3v) is 4.65. The van der Waals surface area contributed by atoms with Crippen molar-refractivity contribution in [3.63, 3.8) is 0 Å². The Morgan fingerprint density at radius 1 is 1.04 bits per heavy atom. The minimum atomic E-state index is -1.18. The molecule has 1 aliphatic heterocycles. The topological polar surface area (TPSA) is 73.2 Å². The number of β-amino-alcohol motifs (C(OH)–C–C–N with tert-alkyl or cyclic N) is 2. The molecule has 134 valence electrons. The standard InChI is InChI=1S/C17H23F2NO4/c18-13-5-11(24-9-10-1-2-10)6-14(19)12(13)3-4-20-7-15(21)17(23)16(22)8-20/h5-6,10,15-17,21-23H,1-4,7-9H2/t15-,16+,17+. The fourth-order valence-electron chi connectivity index (χ4n) is 2.93. The van der Waals surface area contributed by atoms with E-state index in [0.717, 1.165) is 12.8 Å². The van der Waals surface area contributed by atoms with Gasteiger partial charge in [-0.3, -0.25) is 4.90 Å². The Balaban J connectivity index is 1.58. The van der Waals surface area contributed by atoms with E-state index in [1.165, 1.54) is 12.1 Å². The summed E-state index contributed by atoms with van der Waals surface area (Å²) in [5.74, 6) is -0.603. The molecule has 2 fully saturated rings. The molecule has 24 heavy (non-hydrogen) atoms. The van der Waals surface area contributed by atoms with Gasteiger partial charge in [-0.2, -0.15) is 0 Å². The smallest absolute Gasteiger partial charge is 0.133 e. The summed E-state index contributed by atoms with van der Waals surface area (Å²) in [6.07, 6.45) is -1.01. The summed E-state index contributed by atoms with van der Waals surface area (Å²) in [6, 6.07) is 2.40. The van der Waals surface area contributed by atoms with Gasteiger partial charge in [-0.05, 0) is 25.2 Å². The molecule has 1 aromatic rings. The van der Waals surface area contributed by atoms with Crippen molar-refractivity contribution in [2.75, 3.05) is 26.2 Å². The number of hydrogen-bond acceptors (Lipinski definition) is 5.